The molecule has 0 unspecified atom stereocenters. The third-order valence-electron chi connectivity index (χ3n) is 4.54. The van der Waals surface area contributed by atoms with Crippen molar-refractivity contribution in [3.05, 3.63) is 34.5 Å². The fourth-order valence-electron chi connectivity index (χ4n) is 2.95. The summed E-state index contributed by atoms with van der Waals surface area (Å²) in [4.78, 5) is 4.82. The van der Waals surface area contributed by atoms with Crippen LogP contribution in [0.15, 0.2) is 23.8 Å². The molecular weight excluding hydrogens is 280 g/mol. The van der Waals surface area contributed by atoms with Gasteiger partial charge in [-0.2, -0.15) is 5.10 Å². The minimum Gasteiger partial charge on any atom is -0.306 e. The Kier molecular flexibility index (Phi) is 4.70. The van der Waals surface area contributed by atoms with Gasteiger partial charge >= 0.3 is 0 Å². The van der Waals surface area contributed by atoms with Crippen molar-refractivity contribution >= 4 is 11.3 Å². The molecule has 21 heavy (non-hydrogen) atoms. The molecule has 3 rings (SSSR count). The summed E-state index contributed by atoms with van der Waals surface area (Å²) in [6.45, 7) is 5.24. The van der Waals surface area contributed by atoms with Crippen LogP contribution in [-0.2, 0) is 6.54 Å². The molecule has 0 aromatic carbocycles. The van der Waals surface area contributed by atoms with E-state index in [-0.39, 0.29) is 0 Å². The summed E-state index contributed by atoms with van der Waals surface area (Å²) in [5.41, 5.74) is 1.18. The molecular formula is C16H24N4S. The van der Waals surface area contributed by atoms with E-state index in [9.17, 15) is 0 Å². The van der Waals surface area contributed by atoms with E-state index in [4.69, 9.17) is 4.98 Å². The second kappa shape index (κ2) is 6.71. The van der Waals surface area contributed by atoms with Crippen molar-refractivity contribution in [1.29, 1.82) is 0 Å². The van der Waals surface area contributed by atoms with Crippen LogP contribution in [0.4, 0.5) is 0 Å². The molecule has 1 N–H and O–H groups in total. The molecule has 114 valence electrons. The zero-order valence-electron chi connectivity index (χ0n) is 12.8. The first-order valence-corrected chi connectivity index (χ1v) is 8.79. The maximum atomic E-state index is 4.82. The van der Waals surface area contributed by atoms with Gasteiger partial charge in [-0.25, -0.2) is 4.98 Å². The van der Waals surface area contributed by atoms with E-state index in [1.165, 1.54) is 36.4 Å². The minimum atomic E-state index is 0.341. The largest absolute Gasteiger partial charge is 0.306 e. The Labute approximate surface area is 130 Å². The van der Waals surface area contributed by atoms with Crippen molar-refractivity contribution in [3.63, 3.8) is 0 Å². The van der Waals surface area contributed by atoms with Crippen molar-refractivity contribution in [2.45, 2.75) is 64.1 Å². The van der Waals surface area contributed by atoms with Crippen LogP contribution in [0.2, 0.25) is 0 Å². The molecule has 0 radical (unpaired) electrons. The third-order valence-corrected chi connectivity index (χ3v) is 5.60. The number of nitrogens with zero attached hydrogens (tertiary/aromatic N) is 3. The molecule has 2 atom stereocenters. The average Bonchev–Trinajstić information content (AvgIpc) is 3.25. The van der Waals surface area contributed by atoms with Crippen LogP contribution in [-0.4, -0.2) is 20.8 Å². The van der Waals surface area contributed by atoms with Crippen LogP contribution < -0.4 is 5.32 Å². The van der Waals surface area contributed by atoms with Gasteiger partial charge < -0.3 is 5.32 Å². The average molecular weight is 304 g/mol. The Balaban J connectivity index is 1.52. The molecule has 0 bridgehead atoms. The lowest BCUT2D eigenvalue weighted by atomic mass is 10.1. The standard InChI is InChI=1S/C16H24N4S/c1-12(13(2)20-9-5-8-18-20)17-10-15-11-21-16(19-15)14-6-3-4-7-14/h5,8-9,11-14,17H,3-4,6-7,10H2,1-2H3/t12-,13-/m1/s1. The lowest BCUT2D eigenvalue weighted by molar-refractivity contribution is 0.364. The van der Waals surface area contributed by atoms with Crippen molar-refractivity contribution in [2.24, 2.45) is 0 Å². The lowest BCUT2D eigenvalue weighted by Crippen LogP contribution is -2.33. The molecule has 4 nitrogen and oxygen atoms in total. The van der Waals surface area contributed by atoms with Gasteiger partial charge in [0.1, 0.15) is 0 Å². The van der Waals surface area contributed by atoms with Crippen LogP contribution in [0.25, 0.3) is 0 Å². The molecule has 2 heterocycles. The van der Waals surface area contributed by atoms with Gasteiger partial charge in [0, 0.05) is 36.3 Å². The molecule has 0 saturated heterocycles. The maximum Gasteiger partial charge on any atom is 0.0959 e. The summed E-state index contributed by atoms with van der Waals surface area (Å²) in [6, 6.07) is 2.67. The van der Waals surface area contributed by atoms with Crippen molar-refractivity contribution < 1.29 is 0 Å². The molecule has 0 spiro atoms. The summed E-state index contributed by atoms with van der Waals surface area (Å²) in [5.74, 6) is 0.726. The summed E-state index contributed by atoms with van der Waals surface area (Å²) < 4.78 is 2.00. The van der Waals surface area contributed by atoms with Crippen LogP contribution in [0.3, 0.4) is 0 Å². The predicted molar refractivity (Wildman–Crippen MR) is 86.6 cm³/mol. The monoisotopic (exact) mass is 304 g/mol. The predicted octanol–water partition coefficient (Wildman–Crippen LogP) is 3.74. The maximum absolute atomic E-state index is 4.82. The number of rotatable bonds is 6. The quantitative estimate of drug-likeness (QED) is 0.884. The van der Waals surface area contributed by atoms with Gasteiger partial charge in [0.25, 0.3) is 0 Å². The van der Waals surface area contributed by atoms with E-state index < -0.39 is 0 Å². The van der Waals surface area contributed by atoms with Gasteiger partial charge in [-0.3, -0.25) is 4.68 Å². The van der Waals surface area contributed by atoms with Gasteiger partial charge in [-0.1, -0.05) is 12.8 Å². The molecule has 2 aromatic rings. The van der Waals surface area contributed by atoms with Crippen LogP contribution in [0.1, 0.15) is 62.2 Å². The highest BCUT2D eigenvalue weighted by Crippen LogP contribution is 2.35. The molecule has 5 heteroatoms. The Hall–Kier alpha value is -1.20. The molecule has 2 aromatic heterocycles. The number of thiazole rings is 1. The van der Waals surface area contributed by atoms with Gasteiger partial charge in [0.2, 0.25) is 0 Å². The van der Waals surface area contributed by atoms with Crippen LogP contribution in [0, 0.1) is 0 Å². The van der Waals surface area contributed by atoms with Crippen molar-refractivity contribution in [1.82, 2.24) is 20.1 Å². The highest BCUT2D eigenvalue weighted by Gasteiger charge is 2.20. The van der Waals surface area contributed by atoms with Gasteiger partial charge in [0.05, 0.1) is 16.7 Å². The van der Waals surface area contributed by atoms with E-state index >= 15 is 0 Å². The number of aromatic nitrogens is 3. The second-order valence-electron chi connectivity index (χ2n) is 6.05. The topological polar surface area (TPSA) is 42.7 Å². The van der Waals surface area contributed by atoms with Gasteiger partial charge in [0.15, 0.2) is 0 Å². The molecule has 0 amide bonds. The van der Waals surface area contributed by atoms with Gasteiger partial charge in [-0.05, 0) is 32.8 Å². The van der Waals surface area contributed by atoms with Gasteiger partial charge in [-0.15, -0.1) is 11.3 Å². The van der Waals surface area contributed by atoms with E-state index in [0.29, 0.717) is 12.1 Å². The summed E-state index contributed by atoms with van der Waals surface area (Å²) in [5, 5.41) is 11.4. The Morgan fingerprint density at radius 3 is 2.90 bits per heavy atom. The Morgan fingerprint density at radius 2 is 2.19 bits per heavy atom. The summed E-state index contributed by atoms with van der Waals surface area (Å²) >= 11 is 1.84. The molecule has 1 aliphatic carbocycles. The smallest absolute Gasteiger partial charge is 0.0959 e. The van der Waals surface area contributed by atoms with Crippen LogP contribution in [0.5, 0.6) is 0 Å². The first-order chi connectivity index (χ1) is 10.2. The lowest BCUT2D eigenvalue weighted by Gasteiger charge is -2.21. The summed E-state index contributed by atoms with van der Waals surface area (Å²) in [6.07, 6.45) is 9.24. The van der Waals surface area contributed by atoms with Crippen molar-refractivity contribution in [3.8, 4) is 0 Å². The highest BCUT2D eigenvalue weighted by atomic mass is 32.1. The summed E-state index contributed by atoms with van der Waals surface area (Å²) in [7, 11) is 0. The fraction of sp³-hybridized carbons (Fsp3) is 0.625. The fourth-order valence-corrected chi connectivity index (χ4v) is 3.94. The highest BCUT2D eigenvalue weighted by molar-refractivity contribution is 7.09. The van der Waals surface area contributed by atoms with E-state index in [0.717, 1.165) is 12.5 Å². The van der Waals surface area contributed by atoms with E-state index in [1.54, 1.807) is 0 Å². The SMILES string of the molecule is C[C@H]([C@@H](C)NCc1csc(C2CCCC2)n1)n1cccn1. The first-order valence-electron chi connectivity index (χ1n) is 7.91. The van der Waals surface area contributed by atoms with Crippen molar-refractivity contribution in [2.75, 3.05) is 0 Å². The molecule has 1 aliphatic rings. The third kappa shape index (κ3) is 3.52. The Morgan fingerprint density at radius 1 is 1.38 bits per heavy atom. The molecule has 1 fully saturated rings. The zero-order valence-corrected chi connectivity index (χ0v) is 13.6. The normalized spacial score (nSPS) is 19.0. The number of nitrogens with one attached hydrogen (secondary N) is 1. The van der Waals surface area contributed by atoms with Crippen LogP contribution >= 0.6 is 11.3 Å². The number of hydrogen-bond acceptors (Lipinski definition) is 4. The minimum absolute atomic E-state index is 0.341. The number of hydrogen-bond donors (Lipinski definition) is 1. The van der Waals surface area contributed by atoms with E-state index in [2.05, 4.69) is 29.6 Å². The zero-order chi connectivity index (χ0) is 14.7. The second-order valence-corrected chi connectivity index (χ2v) is 6.94. The molecule has 1 saturated carbocycles. The molecule has 0 aliphatic heterocycles. The first kappa shape index (κ1) is 14.7. The van der Waals surface area contributed by atoms with E-state index in [1.807, 2.05) is 34.5 Å². The Bertz CT molecular complexity index is 542.